The summed E-state index contributed by atoms with van der Waals surface area (Å²) in [6.45, 7) is 2.64. The van der Waals surface area contributed by atoms with Crippen LogP contribution in [0.2, 0.25) is 0 Å². The Morgan fingerprint density at radius 3 is 2.31 bits per heavy atom. The zero-order chi connectivity index (χ0) is 48.3. The minimum absolute atomic E-state index is 0.0311. The van der Waals surface area contributed by atoms with Gasteiger partial charge in [0.1, 0.15) is 36.3 Å². The van der Waals surface area contributed by atoms with Crippen molar-refractivity contribution in [1.82, 2.24) is 30.2 Å². The highest BCUT2D eigenvalue weighted by atomic mass is 32.2. The maximum atomic E-state index is 12.7. The standard InChI is InChI=1S/C37H60N7O17P3S/c1-4-5-6-7-8-9-10-11-12-13-14-15-16-17-28(46)65-21-20-39-27(45)18-19-40-35(49)32(48)37(2,3)23-58-64(55,56)61-63(53,54)57-22-26-31(60-62(50,51)52)30(47)36(59-26)44-25-43-29-33(38)41-24-42-34(29)44/h5-6,8-9,11-12,24-26,30-32,36,47-48H,4,7,10,13-23H2,1-3H3,(H,39,45)(H,40,49)(H,53,54)(H,55,56)(H2,38,41,42)(H2,50,51,52)/b6-5+,9-8+,12-11+. The van der Waals surface area contributed by atoms with E-state index in [1.165, 1.54) is 13.8 Å². The number of anilines is 1. The van der Waals surface area contributed by atoms with E-state index < -0.39 is 84.6 Å². The number of aliphatic hydroxyl groups excluding tert-OH is 2. The summed E-state index contributed by atoms with van der Waals surface area (Å²) in [7, 11) is -16.4. The van der Waals surface area contributed by atoms with Crippen LogP contribution in [0.1, 0.15) is 84.8 Å². The molecule has 3 rings (SSSR count). The highest BCUT2D eigenvalue weighted by Crippen LogP contribution is 2.61. The van der Waals surface area contributed by atoms with Gasteiger partial charge >= 0.3 is 23.5 Å². The number of allylic oxidation sites excluding steroid dienone is 6. The lowest BCUT2D eigenvalue weighted by Crippen LogP contribution is -2.46. The van der Waals surface area contributed by atoms with Crippen molar-refractivity contribution in [1.29, 1.82) is 0 Å². The number of ether oxygens (including phenoxy) is 1. The largest absolute Gasteiger partial charge is 0.481 e. The van der Waals surface area contributed by atoms with Crippen LogP contribution >= 0.6 is 35.2 Å². The van der Waals surface area contributed by atoms with Gasteiger partial charge in [0, 0.05) is 37.1 Å². The summed E-state index contributed by atoms with van der Waals surface area (Å²) >= 11 is 1.13. The summed E-state index contributed by atoms with van der Waals surface area (Å²) in [5.41, 5.74) is 4.27. The maximum absolute atomic E-state index is 12.7. The molecule has 1 fully saturated rings. The second-order valence-electron chi connectivity index (χ2n) is 15.2. The summed E-state index contributed by atoms with van der Waals surface area (Å²) in [6.07, 6.45) is 13.0. The lowest BCUT2D eigenvalue weighted by atomic mass is 9.87. The predicted molar refractivity (Wildman–Crippen MR) is 237 cm³/mol. The molecule has 7 atom stereocenters. The second kappa shape index (κ2) is 26.9. The number of rotatable bonds is 30. The number of imidazole rings is 1. The average molecular weight is 1000 g/mol. The number of amides is 2. The first kappa shape index (κ1) is 56.1. The second-order valence-corrected chi connectivity index (χ2v) is 20.6. The molecule has 7 unspecified atom stereocenters. The van der Waals surface area contributed by atoms with Gasteiger partial charge in [0.05, 0.1) is 19.5 Å². The van der Waals surface area contributed by atoms with Crippen molar-refractivity contribution in [2.75, 3.05) is 37.8 Å². The van der Waals surface area contributed by atoms with Crippen LogP contribution in [-0.4, -0.2) is 123 Å². The minimum atomic E-state index is -5.58. The molecule has 28 heteroatoms. The SMILES string of the molecule is CC/C=C/C/C=C/C/C=C/CCCCCC(=O)SCCNC(=O)CCNC(=O)C(O)C(C)(C)COP(=O)(O)OP(=O)(O)OCC1OC(n2cnc3c(N)ncnc32)C(O)C1OP(=O)(O)O. The Hall–Kier alpha value is -3.22. The van der Waals surface area contributed by atoms with Gasteiger partial charge < -0.3 is 50.9 Å². The van der Waals surface area contributed by atoms with E-state index in [0.717, 1.165) is 73.9 Å². The Morgan fingerprint density at radius 2 is 1.62 bits per heavy atom. The first-order valence-corrected chi connectivity index (χ1v) is 26.1. The number of aromatic nitrogens is 4. The van der Waals surface area contributed by atoms with Crippen molar-refractivity contribution in [3.8, 4) is 0 Å². The third-order valence-electron chi connectivity index (χ3n) is 9.30. The van der Waals surface area contributed by atoms with Crippen LogP contribution in [0.15, 0.2) is 49.1 Å². The van der Waals surface area contributed by atoms with Crippen molar-refractivity contribution in [3.05, 3.63) is 49.1 Å². The Bertz CT molecular complexity index is 2100. The maximum Gasteiger partial charge on any atom is 0.481 e. The third kappa shape index (κ3) is 20.3. The Labute approximate surface area is 380 Å². The molecule has 0 radical (unpaired) electrons. The number of nitrogens with zero attached hydrogens (tertiary/aromatic N) is 4. The molecule has 1 aliphatic heterocycles. The van der Waals surface area contributed by atoms with Crippen molar-refractivity contribution in [2.24, 2.45) is 5.41 Å². The molecule has 366 valence electrons. The first-order valence-electron chi connectivity index (χ1n) is 20.6. The van der Waals surface area contributed by atoms with Gasteiger partial charge in [-0.1, -0.05) is 75.4 Å². The quantitative estimate of drug-likeness (QED) is 0.0307. The Morgan fingerprint density at radius 1 is 0.938 bits per heavy atom. The number of aliphatic hydroxyl groups is 2. The molecule has 0 aliphatic carbocycles. The highest BCUT2D eigenvalue weighted by Gasteiger charge is 2.50. The van der Waals surface area contributed by atoms with Gasteiger partial charge in [-0.2, -0.15) is 4.31 Å². The predicted octanol–water partition coefficient (Wildman–Crippen LogP) is 3.47. The number of phosphoric acid groups is 3. The van der Waals surface area contributed by atoms with Crippen LogP contribution in [0.5, 0.6) is 0 Å². The monoisotopic (exact) mass is 999 g/mol. The van der Waals surface area contributed by atoms with Gasteiger partial charge in [-0.15, -0.1) is 0 Å². The number of thioether (sulfide) groups is 1. The normalized spacial score (nSPS) is 20.7. The fourth-order valence-electron chi connectivity index (χ4n) is 5.90. The zero-order valence-corrected chi connectivity index (χ0v) is 39.7. The van der Waals surface area contributed by atoms with Gasteiger partial charge in [0.15, 0.2) is 22.8 Å². The van der Waals surface area contributed by atoms with E-state index in [4.69, 9.17) is 19.5 Å². The fraction of sp³-hybridized carbons (Fsp3) is 0.622. The number of nitrogens with one attached hydrogen (secondary N) is 2. The lowest BCUT2D eigenvalue weighted by Gasteiger charge is -2.30. The molecule has 0 aromatic carbocycles. The van der Waals surface area contributed by atoms with Crippen LogP contribution in [-0.2, 0) is 50.7 Å². The van der Waals surface area contributed by atoms with Gasteiger partial charge in [-0.3, -0.25) is 32.5 Å². The molecule has 1 aliphatic rings. The molecule has 2 aromatic rings. The Balaban J connectivity index is 1.34. The van der Waals surface area contributed by atoms with Gasteiger partial charge in [-0.05, 0) is 38.5 Å². The van der Waals surface area contributed by atoms with E-state index in [0.29, 0.717) is 12.2 Å². The van der Waals surface area contributed by atoms with Crippen LogP contribution in [0.25, 0.3) is 11.2 Å². The minimum Gasteiger partial charge on any atom is -0.386 e. The Kier molecular flexibility index (Phi) is 23.3. The highest BCUT2D eigenvalue weighted by molar-refractivity contribution is 8.13. The number of unbranched alkanes of at least 4 members (excludes halogenated alkanes) is 3. The molecule has 2 amide bonds. The third-order valence-corrected chi connectivity index (χ3v) is 13.3. The molecule has 0 saturated carbocycles. The molecule has 1 saturated heterocycles. The number of nitrogens with two attached hydrogens (primary N) is 1. The molecular weight excluding hydrogens is 939 g/mol. The van der Waals surface area contributed by atoms with Crippen molar-refractivity contribution in [2.45, 2.75) is 109 Å². The zero-order valence-electron chi connectivity index (χ0n) is 36.2. The number of carbonyl (C=O) groups excluding carboxylic acids is 3. The number of nitrogen functional groups attached to an aromatic ring is 1. The van der Waals surface area contributed by atoms with Gasteiger partial charge in [-0.25, -0.2) is 28.6 Å². The van der Waals surface area contributed by atoms with Crippen molar-refractivity contribution in [3.63, 3.8) is 0 Å². The number of fused-ring (bicyclic) bond motifs is 1. The lowest BCUT2D eigenvalue weighted by molar-refractivity contribution is -0.137. The molecule has 0 spiro atoms. The molecule has 10 N–H and O–H groups in total. The smallest absolute Gasteiger partial charge is 0.386 e. The van der Waals surface area contributed by atoms with Crippen LogP contribution in [0.4, 0.5) is 5.82 Å². The fourth-order valence-corrected chi connectivity index (χ4v) is 9.45. The van der Waals surface area contributed by atoms with Crippen molar-refractivity contribution < 1.29 is 80.5 Å². The molecule has 0 bridgehead atoms. The summed E-state index contributed by atoms with van der Waals surface area (Å²) in [6, 6.07) is 0. The number of hydrogen-bond acceptors (Lipinski definition) is 18. The van der Waals surface area contributed by atoms with Gasteiger partial charge in [0.2, 0.25) is 11.8 Å². The van der Waals surface area contributed by atoms with E-state index >= 15 is 0 Å². The summed E-state index contributed by atoms with van der Waals surface area (Å²) < 4.78 is 62.4. The summed E-state index contributed by atoms with van der Waals surface area (Å²) in [5, 5.41) is 26.6. The first-order chi connectivity index (χ1) is 30.6. The van der Waals surface area contributed by atoms with Crippen LogP contribution in [0.3, 0.4) is 0 Å². The molecule has 2 aromatic heterocycles. The molecule has 65 heavy (non-hydrogen) atoms. The van der Waals surface area contributed by atoms with Crippen LogP contribution < -0.4 is 16.4 Å². The van der Waals surface area contributed by atoms with E-state index in [-0.39, 0.29) is 41.6 Å². The van der Waals surface area contributed by atoms with E-state index in [9.17, 15) is 57.9 Å². The summed E-state index contributed by atoms with van der Waals surface area (Å²) in [5.74, 6) is -1.06. The number of hydrogen-bond donors (Lipinski definition) is 9. The van der Waals surface area contributed by atoms with Crippen LogP contribution in [0, 0.1) is 5.41 Å². The van der Waals surface area contributed by atoms with E-state index in [1.807, 2.05) is 0 Å². The number of phosphoric ester groups is 3. The summed E-state index contributed by atoms with van der Waals surface area (Å²) in [4.78, 5) is 88.2. The van der Waals surface area contributed by atoms with E-state index in [1.54, 1.807) is 0 Å². The molecular formula is C37H60N7O17P3S. The van der Waals surface area contributed by atoms with Gasteiger partial charge in [0.25, 0.3) is 0 Å². The van der Waals surface area contributed by atoms with Crippen molar-refractivity contribution >= 4 is 69.1 Å². The van der Waals surface area contributed by atoms with E-state index in [2.05, 4.69) is 77.8 Å². The topological polar surface area (TPSA) is 364 Å². The molecule has 24 nitrogen and oxygen atoms in total. The number of carbonyl (C=O) groups is 3. The molecule has 3 heterocycles. The average Bonchev–Trinajstić information content (AvgIpc) is 3.79.